The summed E-state index contributed by atoms with van der Waals surface area (Å²) < 4.78 is 5.07. The van der Waals surface area contributed by atoms with Crippen molar-refractivity contribution in [2.75, 3.05) is 31.7 Å². The number of anilines is 1. The maximum atomic E-state index is 11.8. The van der Waals surface area contributed by atoms with E-state index in [1.165, 1.54) is 12.8 Å². The summed E-state index contributed by atoms with van der Waals surface area (Å²) in [6, 6.07) is 8.69. The van der Waals surface area contributed by atoms with Crippen LogP contribution >= 0.6 is 0 Å². The first kappa shape index (κ1) is 16.8. The highest BCUT2D eigenvalue weighted by Gasteiger charge is 2.22. The molecule has 6 nitrogen and oxygen atoms in total. The summed E-state index contributed by atoms with van der Waals surface area (Å²) in [7, 11) is 1.69. The molecule has 0 bridgehead atoms. The predicted molar refractivity (Wildman–Crippen MR) is 95.2 cm³/mol. The largest absolute Gasteiger partial charge is 0.383 e. The number of amides is 1. The van der Waals surface area contributed by atoms with Gasteiger partial charge in [0.05, 0.1) is 13.2 Å². The van der Waals surface area contributed by atoms with Gasteiger partial charge in [0.15, 0.2) is 5.96 Å². The minimum absolute atomic E-state index is 0.221. The van der Waals surface area contributed by atoms with Crippen LogP contribution in [-0.2, 0) is 16.1 Å². The Bertz CT molecular complexity index is 581. The van der Waals surface area contributed by atoms with Crippen molar-refractivity contribution in [1.82, 2.24) is 10.6 Å². The topological polar surface area (TPSA) is 66.0 Å². The van der Waals surface area contributed by atoms with Gasteiger partial charge in [0.2, 0.25) is 5.91 Å². The van der Waals surface area contributed by atoms with Crippen LogP contribution in [0, 0.1) is 0 Å². The Kier molecular flexibility index (Phi) is 5.69. The second kappa shape index (κ2) is 8.15. The van der Waals surface area contributed by atoms with Gasteiger partial charge in [0.25, 0.3) is 0 Å². The number of carbonyl (C=O) groups excluding carboxylic acids is 1. The molecule has 24 heavy (non-hydrogen) atoms. The first-order valence-corrected chi connectivity index (χ1v) is 8.69. The summed E-state index contributed by atoms with van der Waals surface area (Å²) in [5, 5.41) is 6.70. The molecule has 2 N–H and O–H groups in total. The minimum atomic E-state index is 0.221. The smallest absolute Gasteiger partial charge is 0.227 e. The SMILES string of the molecule is COCCNC(=NCc1ccc(N2CCCC2=O)cc1)NC1CC1. The Balaban J connectivity index is 1.57. The van der Waals surface area contributed by atoms with Crippen molar-refractivity contribution >= 4 is 17.6 Å². The molecule has 0 radical (unpaired) electrons. The van der Waals surface area contributed by atoms with Gasteiger partial charge in [-0.2, -0.15) is 0 Å². The zero-order chi connectivity index (χ0) is 16.8. The lowest BCUT2D eigenvalue weighted by Gasteiger charge is -2.16. The van der Waals surface area contributed by atoms with E-state index >= 15 is 0 Å². The van der Waals surface area contributed by atoms with Gasteiger partial charge in [-0.05, 0) is 37.0 Å². The van der Waals surface area contributed by atoms with Crippen LogP contribution in [0.3, 0.4) is 0 Å². The van der Waals surface area contributed by atoms with Crippen LogP contribution in [0.25, 0.3) is 0 Å². The van der Waals surface area contributed by atoms with Crippen molar-refractivity contribution < 1.29 is 9.53 Å². The van der Waals surface area contributed by atoms with Gasteiger partial charge in [-0.3, -0.25) is 4.79 Å². The fourth-order valence-electron chi connectivity index (χ4n) is 2.72. The van der Waals surface area contributed by atoms with E-state index in [9.17, 15) is 4.79 Å². The number of hydrogen-bond donors (Lipinski definition) is 2. The number of carbonyl (C=O) groups is 1. The van der Waals surface area contributed by atoms with E-state index < -0.39 is 0 Å². The van der Waals surface area contributed by atoms with Crippen molar-refractivity contribution in [3.63, 3.8) is 0 Å². The fraction of sp³-hybridized carbons (Fsp3) is 0.556. The normalized spacial score (nSPS) is 18.1. The zero-order valence-corrected chi connectivity index (χ0v) is 14.3. The quantitative estimate of drug-likeness (QED) is 0.453. The van der Waals surface area contributed by atoms with Crippen molar-refractivity contribution in [2.45, 2.75) is 38.3 Å². The average molecular weight is 330 g/mol. The summed E-state index contributed by atoms with van der Waals surface area (Å²) >= 11 is 0. The molecule has 1 amide bonds. The number of rotatable bonds is 7. The third-order valence-corrected chi connectivity index (χ3v) is 4.26. The van der Waals surface area contributed by atoms with E-state index in [0.29, 0.717) is 25.6 Å². The van der Waals surface area contributed by atoms with Crippen LogP contribution in [-0.4, -0.2) is 44.7 Å². The highest BCUT2D eigenvalue weighted by molar-refractivity contribution is 5.95. The van der Waals surface area contributed by atoms with E-state index in [1.807, 2.05) is 29.2 Å². The Hall–Kier alpha value is -2.08. The van der Waals surface area contributed by atoms with Crippen LogP contribution in [0.4, 0.5) is 5.69 Å². The molecule has 0 spiro atoms. The number of guanidine groups is 1. The van der Waals surface area contributed by atoms with Gasteiger partial charge in [0, 0.05) is 38.3 Å². The van der Waals surface area contributed by atoms with E-state index in [1.54, 1.807) is 7.11 Å². The summed E-state index contributed by atoms with van der Waals surface area (Å²) in [5.41, 5.74) is 2.12. The van der Waals surface area contributed by atoms with Gasteiger partial charge in [-0.15, -0.1) is 0 Å². The van der Waals surface area contributed by atoms with Gasteiger partial charge in [-0.1, -0.05) is 12.1 Å². The van der Waals surface area contributed by atoms with E-state index in [0.717, 1.165) is 36.7 Å². The molecular formula is C18H26N4O2. The molecular weight excluding hydrogens is 304 g/mol. The van der Waals surface area contributed by atoms with Gasteiger partial charge in [0.1, 0.15) is 0 Å². The molecule has 1 aliphatic heterocycles. The molecule has 130 valence electrons. The maximum absolute atomic E-state index is 11.8. The van der Waals surface area contributed by atoms with Crippen molar-refractivity contribution in [3.8, 4) is 0 Å². The Morgan fingerprint density at radius 2 is 2.12 bits per heavy atom. The zero-order valence-electron chi connectivity index (χ0n) is 14.3. The maximum Gasteiger partial charge on any atom is 0.227 e. The number of aliphatic imine (C=N–C) groups is 1. The number of nitrogens with one attached hydrogen (secondary N) is 2. The summed E-state index contributed by atoms with van der Waals surface area (Å²) in [5.74, 6) is 1.06. The lowest BCUT2D eigenvalue weighted by atomic mass is 10.2. The molecule has 0 unspecified atom stereocenters. The van der Waals surface area contributed by atoms with Crippen LogP contribution < -0.4 is 15.5 Å². The van der Waals surface area contributed by atoms with Crippen LogP contribution in [0.1, 0.15) is 31.2 Å². The molecule has 0 atom stereocenters. The van der Waals surface area contributed by atoms with Gasteiger partial charge >= 0.3 is 0 Å². The molecule has 1 aliphatic carbocycles. The van der Waals surface area contributed by atoms with E-state index in [2.05, 4.69) is 15.6 Å². The van der Waals surface area contributed by atoms with E-state index in [-0.39, 0.29) is 5.91 Å². The second-order valence-corrected chi connectivity index (χ2v) is 6.32. The molecule has 0 aromatic heterocycles. The van der Waals surface area contributed by atoms with Crippen LogP contribution in [0.5, 0.6) is 0 Å². The molecule has 2 fully saturated rings. The number of nitrogens with zero attached hydrogens (tertiary/aromatic N) is 2. The molecule has 2 aliphatic rings. The number of ether oxygens (including phenoxy) is 1. The first-order valence-electron chi connectivity index (χ1n) is 8.69. The molecule has 1 saturated heterocycles. The summed E-state index contributed by atoms with van der Waals surface area (Å²) in [4.78, 5) is 18.3. The number of methoxy groups -OCH3 is 1. The Morgan fingerprint density at radius 3 is 2.75 bits per heavy atom. The minimum Gasteiger partial charge on any atom is -0.383 e. The van der Waals surface area contributed by atoms with Crippen LogP contribution in [0.2, 0.25) is 0 Å². The van der Waals surface area contributed by atoms with Crippen molar-refractivity contribution in [2.24, 2.45) is 4.99 Å². The molecule has 1 heterocycles. The Labute approximate surface area is 143 Å². The molecule has 1 saturated carbocycles. The average Bonchev–Trinajstić information content (AvgIpc) is 3.31. The second-order valence-electron chi connectivity index (χ2n) is 6.32. The monoisotopic (exact) mass is 330 g/mol. The molecule has 6 heteroatoms. The molecule has 1 aromatic rings. The Morgan fingerprint density at radius 1 is 1.33 bits per heavy atom. The van der Waals surface area contributed by atoms with E-state index in [4.69, 9.17) is 4.74 Å². The number of benzene rings is 1. The standard InChI is InChI=1S/C18H26N4O2/c1-24-12-10-19-18(21-15-6-7-15)20-13-14-4-8-16(9-5-14)22-11-2-3-17(22)23/h4-5,8-9,15H,2-3,6-7,10-13H2,1H3,(H2,19,20,21). The van der Waals surface area contributed by atoms with Crippen molar-refractivity contribution in [3.05, 3.63) is 29.8 Å². The fourth-order valence-corrected chi connectivity index (χ4v) is 2.72. The highest BCUT2D eigenvalue weighted by atomic mass is 16.5. The summed E-state index contributed by atoms with van der Waals surface area (Å²) in [6.45, 7) is 2.84. The lowest BCUT2D eigenvalue weighted by Crippen LogP contribution is -2.40. The molecule has 3 rings (SSSR count). The summed E-state index contributed by atoms with van der Waals surface area (Å²) in [6.07, 6.45) is 4.04. The van der Waals surface area contributed by atoms with Crippen LogP contribution in [0.15, 0.2) is 29.3 Å². The first-order chi connectivity index (χ1) is 11.8. The van der Waals surface area contributed by atoms with Crippen molar-refractivity contribution in [1.29, 1.82) is 0 Å². The van der Waals surface area contributed by atoms with Gasteiger partial charge < -0.3 is 20.3 Å². The lowest BCUT2D eigenvalue weighted by molar-refractivity contribution is -0.117. The highest BCUT2D eigenvalue weighted by Crippen LogP contribution is 2.22. The third kappa shape index (κ3) is 4.71. The number of hydrogen-bond acceptors (Lipinski definition) is 3. The third-order valence-electron chi connectivity index (χ3n) is 4.26. The predicted octanol–water partition coefficient (Wildman–Crippen LogP) is 1.66. The molecule has 1 aromatic carbocycles. The van der Waals surface area contributed by atoms with Gasteiger partial charge in [-0.25, -0.2) is 4.99 Å².